The predicted molar refractivity (Wildman–Crippen MR) is 34.7 cm³/mol. The summed E-state index contributed by atoms with van der Waals surface area (Å²) in [7, 11) is 0. The van der Waals surface area contributed by atoms with Crippen LogP contribution in [0.5, 0.6) is 0 Å². The maximum atomic E-state index is 6.69. The molecule has 2 nitrogen and oxygen atoms in total. The summed E-state index contributed by atoms with van der Waals surface area (Å²) in [6, 6.07) is 0.667. The van der Waals surface area contributed by atoms with E-state index in [1.165, 1.54) is 0 Å². The summed E-state index contributed by atoms with van der Waals surface area (Å²) in [6.07, 6.45) is 4.61. The maximum absolute atomic E-state index is 6.69. The van der Waals surface area contributed by atoms with Crippen molar-refractivity contribution in [1.82, 2.24) is 0 Å². The fourth-order valence-corrected chi connectivity index (χ4v) is 0.167. The number of hydrogen-bond donors (Lipinski definition) is 0. The number of rotatable bonds is 0. The molecule has 0 aromatic heterocycles. The summed E-state index contributed by atoms with van der Waals surface area (Å²) in [6.45, 7) is 0. The van der Waals surface area contributed by atoms with Crippen LogP contribution in [0.3, 0.4) is 0 Å². The van der Waals surface area contributed by atoms with Gasteiger partial charge in [0.25, 0.3) is 0 Å². The minimum atomic E-state index is 0. The molecule has 2 N–H and O–H groups in total. The van der Waals surface area contributed by atoms with Gasteiger partial charge in [-0.05, 0) is 0 Å². The molecule has 56 valence electrons. The van der Waals surface area contributed by atoms with E-state index < -0.39 is 0 Å². The van der Waals surface area contributed by atoms with E-state index in [0.717, 1.165) is 25.7 Å². The second kappa shape index (κ2) is 4.41. The first kappa shape index (κ1) is 9.58. The van der Waals surface area contributed by atoms with Crippen LogP contribution >= 0.6 is 0 Å². The van der Waals surface area contributed by atoms with Crippen molar-refractivity contribution in [3.63, 3.8) is 0 Å². The summed E-state index contributed by atoms with van der Waals surface area (Å²) in [5, 5.41) is 0. The smallest absolute Gasteiger partial charge is 0.675 e. The van der Waals surface area contributed by atoms with Gasteiger partial charge in [0, 0.05) is 0 Å². The van der Waals surface area contributed by atoms with Crippen molar-refractivity contribution in [3.05, 3.63) is 11.5 Å². The molecule has 3 heteroatoms. The molecule has 0 spiro atoms. The van der Waals surface area contributed by atoms with Gasteiger partial charge in [0.2, 0.25) is 0 Å². The van der Waals surface area contributed by atoms with Gasteiger partial charge in [-0.15, -0.1) is 12.1 Å². The minimum absolute atomic E-state index is 0. The molecule has 2 aliphatic rings. The van der Waals surface area contributed by atoms with Gasteiger partial charge < -0.3 is 11.5 Å². The zero-order valence-electron chi connectivity index (χ0n) is 5.30. The number of hydrogen-bond acceptors (Lipinski definition) is 0. The second-order valence-electron chi connectivity index (χ2n) is 2.55. The van der Waals surface area contributed by atoms with Gasteiger partial charge in [-0.1, -0.05) is 25.7 Å². The van der Waals surface area contributed by atoms with E-state index in [1.807, 2.05) is 0 Å². The van der Waals surface area contributed by atoms with E-state index >= 15 is 0 Å². The van der Waals surface area contributed by atoms with Crippen LogP contribution in [-0.4, -0.2) is 12.1 Å². The fraction of sp³-hybridized carbons (Fsp3) is 1.00. The van der Waals surface area contributed by atoms with E-state index in [1.54, 1.807) is 0 Å². The Hall–Kier alpha value is 0.582. The molecule has 0 unspecified atom stereocenters. The van der Waals surface area contributed by atoms with Crippen LogP contribution < -0.4 is 0 Å². The van der Waals surface area contributed by atoms with Crippen LogP contribution in [0.4, 0.5) is 0 Å². The molecule has 0 saturated heterocycles. The standard InChI is InChI=1S/2C3H6N.Pd/c2*4-3-1-2-3;/h2*3-4H,1-2H2;/q2*-1;+2. The van der Waals surface area contributed by atoms with Crippen LogP contribution in [0.1, 0.15) is 25.7 Å². The van der Waals surface area contributed by atoms with Crippen molar-refractivity contribution in [2.75, 3.05) is 0 Å². The molecule has 0 aliphatic heterocycles. The Balaban J connectivity index is 0.000000128. The van der Waals surface area contributed by atoms with Gasteiger partial charge in [-0.25, -0.2) is 0 Å². The zero-order valence-corrected chi connectivity index (χ0v) is 6.85. The van der Waals surface area contributed by atoms with Crippen molar-refractivity contribution in [1.29, 1.82) is 0 Å². The first-order chi connectivity index (χ1) is 3.79. The van der Waals surface area contributed by atoms with Gasteiger partial charge in [-0.2, -0.15) is 0 Å². The molecule has 0 bridgehead atoms. The Labute approximate surface area is 70.0 Å². The molecule has 2 aliphatic carbocycles. The van der Waals surface area contributed by atoms with Gasteiger partial charge in [-0.3, -0.25) is 0 Å². The molecule has 2 fully saturated rings. The normalized spacial score (nSPS) is 23.3. The molecule has 2 rings (SSSR count). The van der Waals surface area contributed by atoms with E-state index in [2.05, 4.69) is 0 Å². The van der Waals surface area contributed by atoms with Crippen LogP contribution in [0, 0.1) is 0 Å². The third-order valence-electron chi connectivity index (χ3n) is 1.15. The predicted octanol–water partition coefficient (Wildman–Crippen LogP) is 2.40. The van der Waals surface area contributed by atoms with Gasteiger partial charge in [0.15, 0.2) is 0 Å². The average Bonchev–Trinajstić information content (AvgIpc) is 2.47. The summed E-state index contributed by atoms with van der Waals surface area (Å²) in [4.78, 5) is 0. The molecule has 2 saturated carbocycles. The quantitative estimate of drug-likeness (QED) is 0.561. The third-order valence-corrected chi connectivity index (χ3v) is 1.15. The first-order valence-electron chi connectivity index (χ1n) is 3.21. The molecule has 9 heavy (non-hydrogen) atoms. The monoisotopic (exact) mass is 218 g/mol. The van der Waals surface area contributed by atoms with Crippen molar-refractivity contribution in [2.24, 2.45) is 0 Å². The molecule has 0 radical (unpaired) electrons. The van der Waals surface area contributed by atoms with Crippen molar-refractivity contribution < 1.29 is 20.4 Å². The third kappa shape index (κ3) is 8.58. The van der Waals surface area contributed by atoms with Crippen LogP contribution in [0.15, 0.2) is 0 Å². The zero-order chi connectivity index (χ0) is 5.98. The van der Waals surface area contributed by atoms with E-state index in [9.17, 15) is 0 Å². The Kier molecular flexibility index (Phi) is 4.69. The Bertz CT molecular complexity index is 59.5. The fourth-order valence-electron chi connectivity index (χ4n) is 0.167. The molecule has 0 atom stereocenters. The Morgan fingerprint density at radius 2 is 0.889 bits per heavy atom. The van der Waals surface area contributed by atoms with Gasteiger partial charge in [0.05, 0.1) is 0 Å². The summed E-state index contributed by atoms with van der Waals surface area (Å²) >= 11 is 0. The molecular formula is C6H12N2Pd. The van der Waals surface area contributed by atoms with Gasteiger partial charge in [0.1, 0.15) is 0 Å². The van der Waals surface area contributed by atoms with E-state index in [4.69, 9.17) is 11.5 Å². The largest absolute Gasteiger partial charge is 2.00 e. The van der Waals surface area contributed by atoms with Crippen LogP contribution in [0.2, 0.25) is 0 Å². The first-order valence-corrected chi connectivity index (χ1v) is 3.21. The van der Waals surface area contributed by atoms with Gasteiger partial charge >= 0.3 is 20.4 Å². The Morgan fingerprint density at radius 3 is 0.889 bits per heavy atom. The van der Waals surface area contributed by atoms with E-state index in [0.29, 0.717) is 12.1 Å². The SMILES string of the molecule is [NH-]C1CC1.[NH-]C1CC1.[Pd+2]. The summed E-state index contributed by atoms with van der Waals surface area (Å²) < 4.78 is 0. The number of nitrogens with one attached hydrogen (secondary N) is 2. The average molecular weight is 219 g/mol. The summed E-state index contributed by atoms with van der Waals surface area (Å²) in [5.41, 5.74) is 13.4. The maximum Gasteiger partial charge on any atom is 2.00 e. The Morgan fingerprint density at radius 1 is 0.778 bits per heavy atom. The molecule has 0 aromatic rings. The van der Waals surface area contributed by atoms with Crippen molar-refractivity contribution in [2.45, 2.75) is 37.8 Å². The molecule has 0 aromatic carbocycles. The van der Waals surface area contributed by atoms with Crippen LogP contribution in [-0.2, 0) is 20.4 Å². The molecule has 0 heterocycles. The minimum Gasteiger partial charge on any atom is -0.675 e. The second-order valence-corrected chi connectivity index (χ2v) is 2.55. The molecule has 0 amide bonds. The van der Waals surface area contributed by atoms with E-state index in [-0.39, 0.29) is 20.4 Å². The van der Waals surface area contributed by atoms with Crippen molar-refractivity contribution in [3.8, 4) is 0 Å². The van der Waals surface area contributed by atoms with Crippen molar-refractivity contribution >= 4 is 0 Å². The topological polar surface area (TPSA) is 47.6 Å². The molecular weight excluding hydrogens is 206 g/mol. The summed E-state index contributed by atoms with van der Waals surface area (Å²) in [5.74, 6) is 0. The van der Waals surface area contributed by atoms with Crippen LogP contribution in [0.25, 0.3) is 11.5 Å².